The number of nitrogens with one attached hydrogen (secondary N) is 1. The molecule has 0 aliphatic carbocycles. The second-order valence-corrected chi connectivity index (χ2v) is 6.67. The number of benzene rings is 2. The first-order chi connectivity index (χ1) is 14.4. The highest BCUT2D eigenvalue weighted by Gasteiger charge is 2.33. The first kappa shape index (κ1) is 19.6. The van der Waals surface area contributed by atoms with E-state index in [1.54, 1.807) is 54.7 Å². The molecule has 4 rings (SSSR count). The fourth-order valence-electron chi connectivity index (χ4n) is 3.25. The molecule has 0 atom stereocenters. The van der Waals surface area contributed by atoms with Crippen LogP contribution < -0.4 is 5.32 Å². The van der Waals surface area contributed by atoms with Crippen LogP contribution in [0.3, 0.4) is 0 Å². The quantitative estimate of drug-likeness (QED) is 0.486. The normalized spacial score (nSPS) is 11.4. The summed E-state index contributed by atoms with van der Waals surface area (Å²) >= 11 is 0. The number of nitrogens with zero attached hydrogens (tertiary/aromatic N) is 2. The molecular formula is C23H16F3N3O. The van der Waals surface area contributed by atoms with Crippen molar-refractivity contribution in [2.45, 2.75) is 12.6 Å². The molecule has 2 heterocycles. The van der Waals surface area contributed by atoms with Crippen molar-refractivity contribution in [2.24, 2.45) is 0 Å². The monoisotopic (exact) mass is 407 g/mol. The molecule has 0 unspecified atom stereocenters. The number of hydrogen-bond acceptors (Lipinski definition) is 3. The highest BCUT2D eigenvalue weighted by atomic mass is 19.4. The van der Waals surface area contributed by atoms with Crippen molar-refractivity contribution in [3.63, 3.8) is 0 Å². The predicted octanol–water partition coefficient (Wildman–Crippen LogP) is 5.50. The number of rotatable bonds is 4. The number of carbonyl (C=O) groups excluding carboxylic acids is 1. The predicted molar refractivity (Wildman–Crippen MR) is 109 cm³/mol. The lowest BCUT2D eigenvalue weighted by Gasteiger charge is -2.13. The molecule has 2 aromatic carbocycles. The van der Waals surface area contributed by atoms with Crippen molar-refractivity contribution in [1.29, 1.82) is 0 Å². The molecule has 150 valence electrons. The van der Waals surface area contributed by atoms with E-state index < -0.39 is 11.7 Å². The average molecular weight is 407 g/mol. The van der Waals surface area contributed by atoms with Crippen molar-refractivity contribution in [1.82, 2.24) is 9.97 Å². The Morgan fingerprint density at radius 3 is 2.47 bits per heavy atom. The third-order valence-electron chi connectivity index (χ3n) is 4.60. The molecule has 0 bridgehead atoms. The van der Waals surface area contributed by atoms with Gasteiger partial charge in [-0.05, 0) is 29.8 Å². The molecule has 1 amide bonds. The topological polar surface area (TPSA) is 54.9 Å². The number of pyridine rings is 2. The van der Waals surface area contributed by atoms with Crippen LogP contribution in [0.1, 0.15) is 11.1 Å². The maximum Gasteiger partial charge on any atom is 0.417 e. The van der Waals surface area contributed by atoms with Gasteiger partial charge in [-0.25, -0.2) is 9.97 Å². The summed E-state index contributed by atoms with van der Waals surface area (Å²) in [5.74, 6) is 0.139. The van der Waals surface area contributed by atoms with Crippen LogP contribution in [0, 0.1) is 0 Å². The van der Waals surface area contributed by atoms with Gasteiger partial charge in [0.15, 0.2) is 0 Å². The lowest BCUT2D eigenvalue weighted by Crippen LogP contribution is -2.15. The molecule has 0 fully saturated rings. The minimum atomic E-state index is -4.49. The van der Waals surface area contributed by atoms with Crippen molar-refractivity contribution in [2.75, 3.05) is 5.32 Å². The second-order valence-electron chi connectivity index (χ2n) is 6.67. The molecular weight excluding hydrogens is 391 g/mol. The fourth-order valence-corrected chi connectivity index (χ4v) is 3.25. The number of carbonyl (C=O) groups is 1. The number of hydrogen-bond donors (Lipinski definition) is 1. The smallest absolute Gasteiger partial charge is 0.310 e. The summed E-state index contributed by atoms with van der Waals surface area (Å²) in [6.45, 7) is 0. The summed E-state index contributed by atoms with van der Waals surface area (Å²) in [7, 11) is 0. The molecule has 2 aromatic heterocycles. The van der Waals surface area contributed by atoms with Crippen LogP contribution in [0.5, 0.6) is 0 Å². The SMILES string of the molecule is O=C(Cc1cccc2ccc(-c3ccccc3C(F)(F)F)nc12)Nc1ccccn1. The van der Waals surface area contributed by atoms with Crippen LogP contribution in [0.2, 0.25) is 0 Å². The number of para-hydroxylation sites is 1. The maximum absolute atomic E-state index is 13.4. The summed E-state index contributed by atoms with van der Waals surface area (Å²) < 4.78 is 40.3. The number of aromatic nitrogens is 2. The van der Waals surface area contributed by atoms with Crippen LogP contribution in [0.15, 0.2) is 79.0 Å². The van der Waals surface area contributed by atoms with Gasteiger partial charge in [0.05, 0.1) is 23.2 Å². The van der Waals surface area contributed by atoms with Gasteiger partial charge < -0.3 is 5.32 Å². The second kappa shape index (κ2) is 7.94. The maximum atomic E-state index is 13.4. The molecule has 0 spiro atoms. The Hall–Kier alpha value is -3.74. The first-order valence-corrected chi connectivity index (χ1v) is 9.18. The molecule has 30 heavy (non-hydrogen) atoms. The van der Waals surface area contributed by atoms with Gasteiger partial charge in [0.1, 0.15) is 5.82 Å². The number of halogens is 3. The minimum Gasteiger partial charge on any atom is -0.310 e. The van der Waals surface area contributed by atoms with Gasteiger partial charge in [-0.15, -0.1) is 0 Å². The summed E-state index contributed by atoms with van der Waals surface area (Å²) in [6, 6.07) is 19.1. The van der Waals surface area contributed by atoms with Crippen LogP contribution in [0.4, 0.5) is 19.0 Å². The Labute approximate surface area is 170 Å². The Morgan fingerprint density at radius 1 is 0.900 bits per heavy atom. The third kappa shape index (κ3) is 4.15. The van der Waals surface area contributed by atoms with E-state index in [2.05, 4.69) is 15.3 Å². The van der Waals surface area contributed by atoms with Crippen LogP contribution in [-0.4, -0.2) is 15.9 Å². The zero-order valence-corrected chi connectivity index (χ0v) is 15.6. The van der Waals surface area contributed by atoms with E-state index in [0.29, 0.717) is 16.9 Å². The van der Waals surface area contributed by atoms with E-state index in [0.717, 1.165) is 11.5 Å². The highest BCUT2D eigenvalue weighted by molar-refractivity contribution is 5.95. The Bertz CT molecular complexity index is 1210. The van der Waals surface area contributed by atoms with E-state index in [9.17, 15) is 18.0 Å². The van der Waals surface area contributed by atoms with E-state index in [1.807, 2.05) is 6.07 Å². The van der Waals surface area contributed by atoms with E-state index in [-0.39, 0.29) is 23.6 Å². The van der Waals surface area contributed by atoms with Crippen molar-refractivity contribution >= 4 is 22.6 Å². The van der Waals surface area contributed by atoms with Crippen LogP contribution in [-0.2, 0) is 17.4 Å². The zero-order valence-electron chi connectivity index (χ0n) is 15.6. The zero-order chi connectivity index (χ0) is 21.1. The molecule has 0 aliphatic rings. The molecule has 0 aliphatic heterocycles. The minimum absolute atomic E-state index is 0.000333. The lowest BCUT2D eigenvalue weighted by molar-refractivity contribution is -0.137. The third-order valence-corrected chi connectivity index (χ3v) is 4.60. The van der Waals surface area contributed by atoms with E-state index in [1.165, 1.54) is 12.1 Å². The molecule has 0 radical (unpaired) electrons. The fraction of sp³-hybridized carbons (Fsp3) is 0.0870. The summed E-state index contributed by atoms with van der Waals surface area (Å²) in [5, 5.41) is 3.45. The number of alkyl halides is 3. The van der Waals surface area contributed by atoms with Crippen molar-refractivity contribution in [3.8, 4) is 11.3 Å². The standard InChI is InChI=1S/C23H16F3N3O/c24-23(25,26)18-9-2-1-8-17(18)19-12-11-15-6-5-7-16(22(15)28-19)14-21(30)29-20-10-3-4-13-27-20/h1-13H,14H2,(H,27,29,30). The Balaban J connectivity index is 1.71. The molecule has 0 saturated carbocycles. The van der Waals surface area contributed by atoms with Gasteiger partial charge in [0, 0.05) is 17.1 Å². The Kier molecular flexibility index (Phi) is 5.18. The highest BCUT2D eigenvalue weighted by Crippen LogP contribution is 2.36. The van der Waals surface area contributed by atoms with Gasteiger partial charge in [-0.3, -0.25) is 4.79 Å². The summed E-state index contributed by atoms with van der Waals surface area (Å²) in [4.78, 5) is 21.0. The number of amides is 1. The van der Waals surface area contributed by atoms with Gasteiger partial charge in [-0.2, -0.15) is 13.2 Å². The van der Waals surface area contributed by atoms with Gasteiger partial charge in [0.25, 0.3) is 0 Å². The van der Waals surface area contributed by atoms with Crippen LogP contribution >= 0.6 is 0 Å². The van der Waals surface area contributed by atoms with Crippen LogP contribution in [0.25, 0.3) is 22.2 Å². The van der Waals surface area contributed by atoms with Gasteiger partial charge >= 0.3 is 6.18 Å². The Morgan fingerprint density at radius 2 is 1.70 bits per heavy atom. The lowest BCUT2D eigenvalue weighted by atomic mass is 10.0. The van der Waals surface area contributed by atoms with Crippen molar-refractivity contribution in [3.05, 3.63) is 90.1 Å². The molecule has 4 nitrogen and oxygen atoms in total. The first-order valence-electron chi connectivity index (χ1n) is 9.18. The number of fused-ring (bicyclic) bond motifs is 1. The summed E-state index contributed by atoms with van der Waals surface area (Å²) in [6.07, 6.45) is -2.90. The largest absolute Gasteiger partial charge is 0.417 e. The molecule has 4 aromatic rings. The van der Waals surface area contributed by atoms with E-state index >= 15 is 0 Å². The summed E-state index contributed by atoms with van der Waals surface area (Å²) in [5.41, 5.74) is 0.560. The molecule has 1 N–H and O–H groups in total. The average Bonchev–Trinajstić information content (AvgIpc) is 2.74. The van der Waals surface area contributed by atoms with Gasteiger partial charge in [0.2, 0.25) is 5.91 Å². The van der Waals surface area contributed by atoms with E-state index in [4.69, 9.17) is 0 Å². The molecule has 0 saturated heterocycles. The van der Waals surface area contributed by atoms with Gasteiger partial charge in [-0.1, -0.05) is 48.5 Å². The molecule has 7 heteroatoms. The van der Waals surface area contributed by atoms with Crippen molar-refractivity contribution < 1.29 is 18.0 Å². The number of anilines is 1.